The van der Waals surface area contributed by atoms with Gasteiger partial charge in [-0.15, -0.1) is 10.2 Å². The molecule has 0 bridgehead atoms. The Morgan fingerprint density at radius 1 is 1.18 bits per heavy atom. The molecule has 2 aromatic carbocycles. The molecule has 172 valence electrons. The van der Waals surface area contributed by atoms with Crippen LogP contribution in [0.5, 0.6) is 17.2 Å². The number of thioether (sulfide) groups is 1. The number of hydrogen-bond donors (Lipinski definition) is 1. The number of methoxy groups -OCH3 is 1. The van der Waals surface area contributed by atoms with Crippen molar-refractivity contribution >= 4 is 60.9 Å². The molecule has 1 amide bonds. The number of aromatic nitrogens is 4. The molecule has 34 heavy (non-hydrogen) atoms. The lowest BCUT2D eigenvalue weighted by Gasteiger charge is -2.19. The van der Waals surface area contributed by atoms with E-state index in [0.29, 0.717) is 29.3 Å². The maximum Gasteiger partial charge on any atom is 0.236 e. The molecule has 11 heteroatoms. The van der Waals surface area contributed by atoms with E-state index in [1.54, 1.807) is 7.11 Å². The van der Waals surface area contributed by atoms with Crippen LogP contribution in [0.15, 0.2) is 41.6 Å². The highest BCUT2D eigenvalue weighted by molar-refractivity contribution is 7.99. The topological polar surface area (TPSA) is 99.9 Å². The number of benzene rings is 2. The molecular formula is C23H19N5O4S2. The number of rotatable bonds is 5. The van der Waals surface area contributed by atoms with Crippen molar-refractivity contribution in [1.82, 2.24) is 19.6 Å². The van der Waals surface area contributed by atoms with Crippen molar-refractivity contribution < 1.29 is 19.0 Å². The maximum atomic E-state index is 12.7. The first-order valence-corrected chi connectivity index (χ1v) is 12.3. The van der Waals surface area contributed by atoms with Crippen LogP contribution in [0, 0.1) is 6.92 Å². The molecule has 0 spiro atoms. The van der Waals surface area contributed by atoms with Crippen LogP contribution in [0.4, 0.5) is 5.13 Å². The summed E-state index contributed by atoms with van der Waals surface area (Å²) in [6, 6.07) is 11.6. The van der Waals surface area contributed by atoms with Crippen LogP contribution >= 0.6 is 23.1 Å². The van der Waals surface area contributed by atoms with E-state index in [4.69, 9.17) is 14.2 Å². The van der Waals surface area contributed by atoms with Gasteiger partial charge in [-0.05, 0) is 42.8 Å². The van der Waals surface area contributed by atoms with E-state index in [9.17, 15) is 4.79 Å². The van der Waals surface area contributed by atoms with Crippen LogP contribution in [0.1, 0.15) is 5.56 Å². The molecule has 1 N–H and O–H groups in total. The predicted molar refractivity (Wildman–Crippen MR) is 132 cm³/mol. The van der Waals surface area contributed by atoms with E-state index in [2.05, 4.69) is 26.6 Å². The molecule has 1 aliphatic heterocycles. The van der Waals surface area contributed by atoms with Gasteiger partial charge in [0.2, 0.25) is 5.91 Å². The Kier molecular flexibility index (Phi) is 5.15. The SMILES string of the molecule is COc1ccc2nc(NC(=O)CSc3nnc4c(C)cc5cc6c(cc5n34)OCCO6)sc2c1. The second-order valence-electron chi connectivity index (χ2n) is 7.71. The third-order valence-corrected chi connectivity index (χ3v) is 7.33. The summed E-state index contributed by atoms with van der Waals surface area (Å²) in [5, 5.41) is 13.7. The Bertz CT molecular complexity index is 1580. The summed E-state index contributed by atoms with van der Waals surface area (Å²) in [6.45, 7) is 3.03. The van der Waals surface area contributed by atoms with Gasteiger partial charge in [-0.25, -0.2) is 4.98 Å². The molecule has 6 rings (SSSR count). The Labute approximate surface area is 202 Å². The number of amides is 1. The van der Waals surface area contributed by atoms with Gasteiger partial charge in [-0.3, -0.25) is 9.20 Å². The zero-order chi connectivity index (χ0) is 23.2. The molecule has 0 radical (unpaired) electrons. The summed E-state index contributed by atoms with van der Waals surface area (Å²) < 4.78 is 19.7. The van der Waals surface area contributed by atoms with Gasteiger partial charge in [0.05, 0.1) is 28.6 Å². The number of carbonyl (C=O) groups excluding carboxylic acids is 1. The monoisotopic (exact) mass is 493 g/mol. The number of carbonyl (C=O) groups is 1. The van der Waals surface area contributed by atoms with Crippen molar-refractivity contribution in [1.29, 1.82) is 0 Å². The molecular weight excluding hydrogens is 474 g/mol. The van der Waals surface area contributed by atoms with E-state index < -0.39 is 0 Å². The fourth-order valence-electron chi connectivity index (χ4n) is 3.91. The third-order valence-electron chi connectivity index (χ3n) is 5.46. The summed E-state index contributed by atoms with van der Waals surface area (Å²) in [6.07, 6.45) is 0. The zero-order valence-electron chi connectivity index (χ0n) is 18.3. The van der Waals surface area contributed by atoms with Crippen LogP contribution < -0.4 is 19.5 Å². The van der Waals surface area contributed by atoms with Gasteiger partial charge in [0.25, 0.3) is 0 Å². The number of nitrogens with one attached hydrogen (secondary N) is 1. The lowest BCUT2D eigenvalue weighted by atomic mass is 10.1. The van der Waals surface area contributed by atoms with Crippen molar-refractivity contribution in [2.45, 2.75) is 12.1 Å². The molecule has 0 fully saturated rings. The van der Waals surface area contributed by atoms with E-state index >= 15 is 0 Å². The molecule has 1 aliphatic rings. The van der Waals surface area contributed by atoms with Gasteiger partial charge >= 0.3 is 0 Å². The number of aryl methyl sites for hydroxylation is 1. The molecule has 0 saturated carbocycles. The lowest BCUT2D eigenvalue weighted by Crippen LogP contribution is -2.15. The van der Waals surface area contributed by atoms with Crippen molar-refractivity contribution in [3.8, 4) is 17.2 Å². The summed E-state index contributed by atoms with van der Waals surface area (Å²) in [4.78, 5) is 17.2. The molecule has 5 aromatic rings. The second-order valence-corrected chi connectivity index (χ2v) is 9.69. The van der Waals surface area contributed by atoms with Crippen LogP contribution in [0.3, 0.4) is 0 Å². The Hall–Kier alpha value is -3.57. The van der Waals surface area contributed by atoms with Crippen LogP contribution in [-0.2, 0) is 4.79 Å². The summed E-state index contributed by atoms with van der Waals surface area (Å²) in [7, 11) is 1.62. The fraction of sp³-hybridized carbons (Fsp3) is 0.217. The van der Waals surface area contributed by atoms with Crippen LogP contribution in [-0.4, -0.2) is 51.6 Å². The first kappa shape index (κ1) is 21.0. The molecule has 0 unspecified atom stereocenters. The minimum atomic E-state index is -0.168. The maximum absolute atomic E-state index is 12.7. The van der Waals surface area contributed by atoms with Gasteiger partial charge in [0, 0.05) is 11.5 Å². The highest BCUT2D eigenvalue weighted by Crippen LogP contribution is 2.36. The quantitative estimate of drug-likeness (QED) is 0.362. The van der Waals surface area contributed by atoms with Crippen molar-refractivity contribution in [3.63, 3.8) is 0 Å². The number of fused-ring (bicyclic) bond motifs is 5. The predicted octanol–water partition coefficient (Wildman–Crippen LogP) is 4.31. The highest BCUT2D eigenvalue weighted by atomic mass is 32.2. The fourth-order valence-corrected chi connectivity index (χ4v) is 5.56. The molecule has 0 atom stereocenters. The average molecular weight is 494 g/mol. The molecule has 0 saturated heterocycles. The average Bonchev–Trinajstić information content (AvgIpc) is 3.45. The Balaban J connectivity index is 1.26. The standard InChI is InChI=1S/C23H19N5O4S2/c1-12-7-13-8-17-18(32-6-5-31-17)10-16(13)28-21(12)26-27-23(28)33-11-20(29)25-22-24-15-4-3-14(30-2)9-19(15)34-22/h3-4,7-10H,5-6,11H2,1-2H3,(H,24,25,29). The summed E-state index contributed by atoms with van der Waals surface area (Å²) in [5.74, 6) is 2.18. The number of anilines is 1. The normalized spacial score (nSPS) is 13.0. The highest BCUT2D eigenvalue weighted by Gasteiger charge is 2.19. The molecule has 3 aromatic heterocycles. The smallest absolute Gasteiger partial charge is 0.236 e. The third kappa shape index (κ3) is 3.66. The Morgan fingerprint density at radius 2 is 2.00 bits per heavy atom. The van der Waals surface area contributed by atoms with Gasteiger partial charge in [0.15, 0.2) is 27.4 Å². The molecule has 9 nitrogen and oxygen atoms in total. The minimum absolute atomic E-state index is 0.167. The number of hydrogen-bond acceptors (Lipinski definition) is 9. The van der Waals surface area contributed by atoms with E-state index in [-0.39, 0.29) is 11.7 Å². The van der Waals surface area contributed by atoms with Gasteiger partial charge in [0.1, 0.15) is 19.0 Å². The van der Waals surface area contributed by atoms with Crippen LogP contribution in [0.2, 0.25) is 0 Å². The Morgan fingerprint density at radius 3 is 2.82 bits per heavy atom. The first-order valence-electron chi connectivity index (χ1n) is 10.5. The second kappa shape index (κ2) is 8.33. The van der Waals surface area contributed by atoms with E-state index in [1.807, 2.05) is 41.7 Å². The zero-order valence-corrected chi connectivity index (χ0v) is 20.0. The minimum Gasteiger partial charge on any atom is -0.497 e. The van der Waals surface area contributed by atoms with Crippen molar-refractivity contribution in [2.24, 2.45) is 0 Å². The number of thiazole rings is 1. The van der Waals surface area contributed by atoms with Crippen molar-refractivity contribution in [2.75, 3.05) is 31.4 Å². The molecule has 4 heterocycles. The summed E-state index contributed by atoms with van der Waals surface area (Å²) in [5.41, 5.74) is 3.44. The number of pyridine rings is 1. The van der Waals surface area contributed by atoms with Crippen LogP contribution in [0.25, 0.3) is 26.8 Å². The van der Waals surface area contributed by atoms with Gasteiger partial charge in [-0.1, -0.05) is 23.1 Å². The summed E-state index contributed by atoms with van der Waals surface area (Å²) >= 11 is 2.73. The van der Waals surface area contributed by atoms with E-state index in [1.165, 1.54) is 23.1 Å². The van der Waals surface area contributed by atoms with Crippen molar-refractivity contribution in [3.05, 3.63) is 42.0 Å². The molecule has 0 aliphatic carbocycles. The number of nitrogens with zero attached hydrogens (tertiary/aromatic N) is 4. The lowest BCUT2D eigenvalue weighted by molar-refractivity contribution is -0.113. The first-order chi connectivity index (χ1) is 16.6. The largest absolute Gasteiger partial charge is 0.497 e. The van der Waals surface area contributed by atoms with E-state index in [0.717, 1.165) is 43.8 Å². The number of ether oxygens (including phenoxy) is 3. The van der Waals surface area contributed by atoms with Gasteiger partial charge < -0.3 is 19.5 Å². The van der Waals surface area contributed by atoms with Gasteiger partial charge in [-0.2, -0.15) is 0 Å².